The summed E-state index contributed by atoms with van der Waals surface area (Å²) in [6.07, 6.45) is 5.27. The standard InChI is InChI=1S/C13H19NO2S2/c1-9-4-5-11(18-9)6-7-13(16)14-10(2)12(8-15)17-3/h4-7,10,12,15H,8H2,1-3H3,(H,14,16). The zero-order valence-electron chi connectivity index (χ0n) is 10.8. The molecule has 0 spiro atoms. The molecule has 1 aromatic rings. The number of nitrogens with one attached hydrogen (secondary N) is 1. The number of thioether (sulfide) groups is 1. The Morgan fingerprint density at radius 3 is 2.83 bits per heavy atom. The lowest BCUT2D eigenvalue weighted by Crippen LogP contribution is -2.40. The fraction of sp³-hybridized carbons (Fsp3) is 0.462. The third-order valence-electron chi connectivity index (χ3n) is 2.57. The van der Waals surface area contributed by atoms with Crippen LogP contribution in [0.1, 0.15) is 16.7 Å². The Morgan fingerprint density at radius 2 is 2.33 bits per heavy atom. The maximum atomic E-state index is 11.7. The van der Waals surface area contributed by atoms with E-state index in [1.54, 1.807) is 23.1 Å². The quantitative estimate of drug-likeness (QED) is 0.789. The molecule has 5 heteroatoms. The van der Waals surface area contributed by atoms with E-state index in [4.69, 9.17) is 5.11 Å². The maximum Gasteiger partial charge on any atom is 0.244 e. The fourth-order valence-electron chi connectivity index (χ4n) is 1.50. The van der Waals surface area contributed by atoms with Crippen LogP contribution in [-0.4, -0.2) is 35.2 Å². The van der Waals surface area contributed by atoms with Gasteiger partial charge >= 0.3 is 0 Å². The number of amides is 1. The molecule has 0 bridgehead atoms. The van der Waals surface area contributed by atoms with E-state index in [2.05, 4.69) is 5.32 Å². The minimum Gasteiger partial charge on any atom is -0.395 e. The average molecular weight is 285 g/mol. The lowest BCUT2D eigenvalue weighted by atomic mass is 10.2. The highest BCUT2D eigenvalue weighted by Crippen LogP contribution is 2.16. The van der Waals surface area contributed by atoms with Crippen LogP contribution in [0, 0.1) is 6.92 Å². The number of hydrogen-bond donors (Lipinski definition) is 2. The van der Waals surface area contributed by atoms with Crippen molar-refractivity contribution in [3.05, 3.63) is 28.0 Å². The molecule has 0 saturated heterocycles. The van der Waals surface area contributed by atoms with E-state index in [1.165, 1.54) is 11.0 Å². The largest absolute Gasteiger partial charge is 0.395 e. The second-order valence-corrected chi connectivity index (χ2v) is 6.43. The first-order valence-electron chi connectivity index (χ1n) is 5.75. The third kappa shape index (κ3) is 4.84. The Kier molecular flexibility index (Phi) is 6.46. The van der Waals surface area contributed by atoms with Crippen molar-refractivity contribution < 1.29 is 9.90 Å². The number of hydrogen-bond acceptors (Lipinski definition) is 4. The molecule has 0 aromatic carbocycles. The minimum atomic E-state index is -0.124. The Morgan fingerprint density at radius 1 is 1.61 bits per heavy atom. The molecule has 2 N–H and O–H groups in total. The molecular formula is C13H19NO2S2. The molecular weight excluding hydrogens is 266 g/mol. The van der Waals surface area contributed by atoms with Crippen LogP contribution in [0.2, 0.25) is 0 Å². The van der Waals surface area contributed by atoms with E-state index in [1.807, 2.05) is 38.3 Å². The van der Waals surface area contributed by atoms with Gasteiger partial charge in [0.15, 0.2) is 0 Å². The monoisotopic (exact) mass is 285 g/mol. The van der Waals surface area contributed by atoms with Crippen LogP contribution in [0.15, 0.2) is 18.2 Å². The first kappa shape index (κ1) is 15.3. The number of aryl methyl sites for hydroxylation is 1. The predicted molar refractivity (Wildman–Crippen MR) is 80.1 cm³/mol. The van der Waals surface area contributed by atoms with Crippen LogP contribution >= 0.6 is 23.1 Å². The van der Waals surface area contributed by atoms with Crippen molar-refractivity contribution in [1.29, 1.82) is 0 Å². The molecule has 0 radical (unpaired) electrons. The van der Waals surface area contributed by atoms with Crippen molar-refractivity contribution >= 4 is 35.1 Å². The molecule has 1 amide bonds. The van der Waals surface area contributed by atoms with Crippen LogP contribution < -0.4 is 5.32 Å². The van der Waals surface area contributed by atoms with Gasteiger partial charge in [-0.3, -0.25) is 4.79 Å². The summed E-state index contributed by atoms with van der Waals surface area (Å²) in [5, 5.41) is 12.0. The number of thiophene rings is 1. The molecule has 0 aliphatic rings. The van der Waals surface area contributed by atoms with Crippen LogP contribution in [0.3, 0.4) is 0 Å². The zero-order chi connectivity index (χ0) is 13.5. The van der Waals surface area contributed by atoms with Crippen molar-refractivity contribution in [1.82, 2.24) is 5.32 Å². The average Bonchev–Trinajstić information content (AvgIpc) is 2.74. The molecule has 0 fully saturated rings. The van der Waals surface area contributed by atoms with Crippen LogP contribution in [0.5, 0.6) is 0 Å². The molecule has 2 unspecified atom stereocenters. The number of aliphatic hydroxyl groups excluding tert-OH is 1. The summed E-state index contributed by atoms with van der Waals surface area (Å²) < 4.78 is 0. The first-order valence-corrected chi connectivity index (χ1v) is 7.86. The van der Waals surface area contributed by atoms with Crippen molar-refractivity contribution in [2.24, 2.45) is 0 Å². The molecule has 1 rings (SSSR count). The number of aliphatic hydroxyl groups is 1. The van der Waals surface area contributed by atoms with Gasteiger partial charge in [0.2, 0.25) is 5.91 Å². The molecule has 0 aliphatic heterocycles. The SMILES string of the molecule is CSC(CO)C(C)NC(=O)C=Cc1ccc(C)s1. The van der Waals surface area contributed by atoms with Gasteiger partial charge in [0.25, 0.3) is 0 Å². The molecule has 3 nitrogen and oxygen atoms in total. The molecule has 0 aliphatic carbocycles. The maximum absolute atomic E-state index is 11.7. The number of rotatable bonds is 6. The van der Waals surface area contributed by atoms with E-state index < -0.39 is 0 Å². The Labute approximate surface area is 116 Å². The summed E-state index contributed by atoms with van der Waals surface area (Å²) in [5.74, 6) is -0.124. The summed E-state index contributed by atoms with van der Waals surface area (Å²) in [6.45, 7) is 4.00. The van der Waals surface area contributed by atoms with E-state index in [9.17, 15) is 4.79 Å². The van der Waals surface area contributed by atoms with Crippen molar-refractivity contribution in [2.45, 2.75) is 25.1 Å². The van der Waals surface area contributed by atoms with E-state index >= 15 is 0 Å². The van der Waals surface area contributed by atoms with Crippen LogP contribution in [-0.2, 0) is 4.79 Å². The smallest absolute Gasteiger partial charge is 0.244 e. The lowest BCUT2D eigenvalue weighted by molar-refractivity contribution is -0.117. The van der Waals surface area contributed by atoms with Gasteiger partial charge in [0.1, 0.15) is 0 Å². The molecule has 1 aromatic heterocycles. The summed E-state index contributed by atoms with van der Waals surface area (Å²) in [5.41, 5.74) is 0. The highest BCUT2D eigenvalue weighted by atomic mass is 32.2. The highest BCUT2D eigenvalue weighted by Gasteiger charge is 2.15. The first-order chi connectivity index (χ1) is 8.56. The summed E-state index contributed by atoms with van der Waals surface area (Å²) >= 11 is 3.20. The summed E-state index contributed by atoms with van der Waals surface area (Å²) in [7, 11) is 0. The molecule has 2 atom stereocenters. The highest BCUT2D eigenvalue weighted by molar-refractivity contribution is 7.99. The molecule has 100 valence electrons. The van der Waals surface area contributed by atoms with Gasteiger partial charge in [-0.05, 0) is 38.3 Å². The summed E-state index contributed by atoms with van der Waals surface area (Å²) in [6, 6.07) is 3.97. The minimum absolute atomic E-state index is 0.0336. The molecule has 18 heavy (non-hydrogen) atoms. The van der Waals surface area contributed by atoms with E-state index in [0.29, 0.717) is 0 Å². The van der Waals surface area contributed by atoms with Crippen molar-refractivity contribution in [3.63, 3.8) is 0 Å². The Balaban J connectivity index is 2.48. The second kappa shape index (κ2) is 7.61. The topological polar surface area (TPSA) is 49.3 Å². The third-order valence-corrected chi connectivity index (χ3v) is 4.70. The number of carbonyl (C=O) groups excluding carboxylic acids is 1. The van der Waals surface area contributed by atoms with E-state index in [0.717, 1.165) is 4.88 Å². The zero-order valence-corrected chi connectivity index (χ0v) is 12.5. The molecule has 1 heterocycles. The Bertz CT molecular complexity index is 411. The molecule has 0 saturated carbocycles. The van der Waals surface area contributed by atoms with E-state index in [-0.39, 0.29) is 23.8 Å². The van der Waals surface area contributed by atoms with Gasteiger partial charge in [-0.15, -0.1) is 11.3 Å². The van der Waals surface area contributed by atoms with Crippen molar-refractivity contribution in [3.8, 4) is 0 Å². The van der Waals surface area contributed by atoms with Crippen LogP contribution in [0.4, 0.5) is 0 Å². The normalized spacial score (nSPS) is 14.7. The van der Waals surface area contributed by atoms with Crippen LogP contribution in [0.25, 0.3) is 6.08 Å². The van der Waals surface area contributed by atoms with Gasteiger partial charge in [-0.25, -0.2) is 0 Å². The number of carbonyl (C=O) groups is 1. The van der Waals surface area contributed by atoms with Gasteiger partial charge < -0.3 is 10.4 Å². The van der Waals surface area contributed by atoms with Gasteiger partial charge in [-0.1, -0.05) is 0 Å². The van der Waals surface area contributed by atoms with Gasteiger partial charge in [-0.2, -0.15) is 11.8 Å². The second-order valence-electron chi connectivity index (χ2n) is 4.04. The predicted octanol–water partition coefficient (Wildman–Crippen LogP) is 2.30. The fourth-order valence-corrected chi connectivity index (χ4v) is 2.91. The summed E-state index contributed by atoms with van der Waals surface area (Å²) in [4.78, 5) is 14.0. The van der Waals surface area contributed by atoms with Crippen molar-refractivity contribution in [2.75, 3.05) is 12.9 Å². The van der Waals surface area contributed by atoms with Gasteiger partial charge in [0.05, 0.1) is 6.61 Å². The van der Waals surface area contributed by atoms with Gasteiger partial charge in [0, 0.05) is 27.1 Å². The Hall–Kier alpha value is -0.780. The lowest BCUT2D eigenvalue weighted by Gasteiger charge is -2.20.